The molecule has 1 N–H and O–H groups in total. The molecular weight excluding hydrogens is 286 g/mol. The molecule has 2 aromatic rings. The minimum absolute atomic E-state index is 0.479. The van der Waals surface area contributed by atoms with E-state index >= 15 is 0 Å². The zero-order valence-electron chi connectivity index (χ0n) is 12.4. The van der Waals surface area contributed by atoms with Crippen LogP contribution in [0.5, 0.6) is 11.6 Å². The van der Waals surface area contributed by atoms with E-state index in [4.69, 9.17) is 16.3 Å². The molecule has 3 rings (SSSR count). The molecule has 0 atom stereocenters. The molecule has 110 valence electrons. The van der Waals surface area contributed by atoms with E-state index in [1.807, 2.05) is 39.1 Å². The van der Waals surface area contributed by atoms with Gasteiger partial charge in [-0.15, -0.1) is 0 Å². The van der Waals surface area contributed by atoms with Crippen molar-refractivity contribution in [1.29, 1.82) is 0 Å². The highest BCUT2D eigenvalue weighted by Gasteiger charge is 2.28. The number of anilines is 1. The lowest BCUT2D eigenvalue weighted by Crippen LogP contribution is -2.04. The highest BCUT2D eigenvalue weighted by Crippen LogP contribution is 2.40. The Morgan fingerprint density at radius 3 is 2.62 bits per heavy atom. The first-order valence-electron chi connectivity index (χ1n) is 7.08. The SMILES string of the molecule is CNc1nc(C2CC2)nc(Oc2ccc(Cl)c(C)c2)c1C. The molecule has 1 aromatic heterocycles. The van der Waals surface area contributed by atoms with Crippen LogP contribution in [-0.4, -0.2) is 17.0 Å². The van der Waals surface area contributed by atoms with Crippen LogP contribution in [0, 0.1) is 13.8 Å². The number of aryl methyl sites for hydroxylation is 1. The van der Waals surface area contributed by atoms with Gasteiger partial charge in [-0.25, -0.2) is 4.98 Å². The number of ether oxygens (including phenoxy) is 1. The van der Waals surface area contributed by atoms with E-state index < -0.39 is 0 Å². The third-order valence-corrected chi connectivity index (χ3v) is 4.07. The summed E-state index contributed by atoms with van der Waals surface area (Å²) in [6, 6.07) is 5.61. The Morgan fingerprint density at radius 2 is 2.00 bits per heavy atom. The molecule has 1 saturated carbocycles. The molecule has 0 amide bonds. The van der Waals surface area contributed by atoms with Gasteiger partial charge >= 0.3 is 0 Å². The van der Waals surface area contributed by atoms with Crippen molar-refractivity contribution in [2.75, 3.05) is 12.4 Å². The van der Waals surface area contributed by atoms with Crippen molar-refractivity contribution >= 4 is 17.4 Å². The van der Waals surface area contributed by atoms with Gasteiger partial charge in [-0.1, -0.05) is 11.6 Å². The summed E-state index contributed by atoms with van der Waals surface area (Å²) in [5, 5.41) is 3.85. The zero-order valence-corrected chi connectivity index (χ0v) is 13.2. The molecular formula is C16H18ClN3O. The summed E-state index contributed by atoms with van der Waals surface area (Å²) < 4.78 is 5.96. The molecule has 0 bridgehead atoms. The minimum atomic E-state index is 0.479. The van der Waals surface area contributed by atoms with Crippen molar-refractivity contribution in [2.24, 2.45) is 0 Å². The summed E-state index contributed by atoms with van der Waals surface area (Å²) in [5.74, 6) is 3.52. The first-order chi connectivity index (χ1) is 10.1. The molecule has 0 radical (unpaired) electrons. The molecule has 4 nitrogen and oxygen atoms in total. The predicted molar refractivity (Wildman–Crippen MR) is 84.6 cm³/mol. The first kappa shape index (κ1) is 14.1. The van der Waals surface area contributed by atoms with Crippen LogP contribution >= 0.6 is 11.6 Å². The average Bonchev–Trinajstić information content (AvgIpc) is 3.29. The smallest absolute Gasteiger partial charge is 0.227 e. The molecule has 0 aliphatic heterocycles. The minimum Gasteiger partial charge on any atom is -0.439 e. The van der Waals surface area contributed by atoms with E-state index in [1.165, 1.54) is 0 Å². The monoisotopic (exact) mass is 303 g/mol. The number of hydrogen-bond donors (Lipinski definition) is 1. The van der Waals surface area contributed by atoms with Gasteiger partial charge in [-0.05, 0) is 50.5 Å². The topological polar surface area (TPSA) is 47.0 Å². The summed E-state index contributed by atoms with van der Waals surface area (Å²) in [5.41, 5.74) is 1.90. The third-order valence-electron chi connectivity index (χ3n) is 3.64. The van der Waals surface area contributed by atoms with Gasteiger partial charge in [0.2, 0.25) is 5.88 Å². The fraction of sp³-hybridized carbons (Fsp3) is 0.375. The fourth-order valence-corrected chi connectivity index (χ4v) is 2.29. The Kier molecular flexibility index (Phi) is 3.72. The quantitative estimate of drug-likeness (QED) is 0.906. The van der Waals surface area contributed by atoms with Crippen LogP contribution in [0.15, 0.2) is 18.2 Å². The van der Waals surface area contributed by atoms with E-state index in [-0.39, 0.29) is 0 Å². The number of aromatic nitrogens is 2. The molecule has 1 heterocycles. The Hall–Kier alpha value is -1.81. The lowest BCUT2D eigenvalue weighted by Gasteiger charge is -2.13. The zero-order chi connectivity index (χ0) is 15.0. The first-order valence-corrected chi connectivity index (χ1v) is 7.46. The van der Waals surface area contributed by atoms with Crippen LogP contribution in [-0.2, 0) is 0 Å². The Morgan fingerprint density at radius 1 is 1.24 bits per heavy atom. The lowest BCUT2D eigenvalue weighted by molar-refractivity contribution is 0.454. The van der Waals surface area contributed by atoms with Gasteiger partial charge < -0.3 is 10.1 Å². The average molecular weight is 304 g/mol. The largest absolute Gasteiger partial charge is 0.439 e. The molecule has 1 aliphatic rings. The van der Waals surface area contributed by atoms with Gasteiger partial charge in [0.15, 0.2) is 0 Å². The maximum Gasteiger partial charge on any atom is 0.227 e. The molecule has 5 heteroatoms. The Labute approximate surface area is 129 Å². The number of benzene rings is 1. The second kappa shape index (κ2) is 5.53. The maximum atomic E-state index is 6.05. The molecule has 0 unspecified atom stereocenters. The summed E-state index contributed by atoms with van der Waals surface area (Å²) in [6.45, 7) is 3.91. The van der Waals surface area contributed by atoms with Gasteiger partial charge in [-0.2, -0.15) is 4.98 Å². The molecule has 0 spiro atoms. The number of hydrogen-bond acceptors (Lipinski definition) is 4. The van der Waals surface area contributed by atoms with E-state index in [9.17, 15) is 0 Å². The van der Waals surface area contributed by atoms with Crippen molar-refractivity contribution in [3.63, 3.8) is 0 Å². The third kappa shape index (κ3) is 2.95. The molecule has 0 saturated heterocycles. The van der Waals surface area contributed by atoms with Gasteiger partial charge in [0.05, 0.1) is 5.56 Å². The standard InChI is InChI=1S/C16H18ClN3O/c1-9-8-12(6-7-13(9)17)21-16-10(2)14(18-3)19-15(20-16)11-4-5-11/h6-8,11H,4-5H2,1-3H3,(H,18,19,20). The lowest BCUT2D eigenvalue weighted by atomic mass is 10.2. The Balaban J connectivity index is 1.96. The highest BCUT2D eigenvalue weighted by molar-refractivity contribution is 6.31. The van der Waals surface area contributed by atoms with Gasteiger partial charge in [0, 0.05) is 18.0 Å². The second-order valence-corrected chi connectivity index (χ2v) is 5.81. The summed E-state index contributed by atoms with van der Waals surface area (Å²) >= 11 is 6.05. The normalized spacial score (nSPS) is 14.1. The second-order valence-electron chi connectivity index (χ2n) is 5.40. The van der Waals surface area contributed by atoms with Crippen LogP contribution in [0.2, 0.25) is 5.02 Å². The van der Waals surface area contributed by atoms with E-state index in [0.717, 1.165) is 46.4 Å². The van der Waals surface area contributed by atoms with Crippen molar-refractivity contribution in [2.45, 2.75) is 32.6 Å². The number of halogens is 1. The number of nitrogens with one attached hydrogen (secondary N) is 1. The predicted octanol–water partition coefficient (Wildman–Crippen LogP) is 4.46. The molecule has 1 aliphatic carbocycles. The van der Waals surface area contributed by atoms with Crippen LogP contribution in [0.1, 0.15) is 35.7 Å². The van der Waals surface area contributed by atoms with Crippen LogP contribution in [0.4, 0.5) is 5.82 Å². The van der Waals surface area contributed by atoms with E-state index in [1.54, 1.807) is 0 Å². The van der Waals surface area contributed by atoms with Crippen LogP contribution < -0.4 is 10.1 Å². The highest BCUT2D eigenvalue weighted by atomic mass is 35.5. The maximum absolute atomic E-state index is 6.05. The van der Waals surface area contributed by atoms with Crippen molar-refractivity contribution in [3.8, 4) is 11.6 Å². The molecule has 1 fully saturated rings. The van der Waals surface area contributed by atoms with Crippen molar-refractivity contribution < 1.29 is 4.74 Å². The van der Waals surface area contributed by atoms with Gasteiger partial charge in [-0.3, -0.25) is 0 Å². The van der Waals surface area contributed by atoms with Gasteiger partial charge in [0.1, 0.15) is 17.4 Å². The summed E-state index contributed by atoms with van der Waals surface area (Å²) in [7, 11) is 1.86. The van der Waals surface area contributed by atoms with Crippen molar-refractivity contribution in [1.82, 2.24) is 9.97 Å². The molecule has 1 aromatic carbocycles. The number of rotatable bonds is 4. The molecule has 21 heavy (non-hydrogen) atoms. The summed E-state index contributed by atoms with van der Waals surface area (Å²) in [6.07, 6.45) is 2.32. The van der Waals surface area contributed by atoms with Crippen LogP contribution in [0.3, 0.4) is 0 Å². The van der Waals surface area contributed by atoms with Gasteiger partial charge in [0.25, 0.3) is 0 Å². The van der Waals surface area contributed by atoms with E-state index in [0.29, 0.717) is 11.8 Å². The number of nitrogens with zero attached hydrogens (tertiary/aromatic N) is 2. The Bertz CT molecular complexity index is 683. The fourth-order valence-electron chi connectivity index (χ4n) is 2.17. The van der Waals surface area contributed by atoms with E-state index in [2.05, 4.69) is 15.3 Å². The summed E-state index contributed by atoms with van der Waals surface area (Å²) in [4.78, 5) is 9.15. The van der Waals surface area contributed by atoms with Crippen LogP contribution in [0.25, 0.3) is 0 Å². The van der Waals surface area contributed by atoms with Crippen molar-refractivity contribution in [3.05, 3.63) is 40.2 Å².